The first-order chi connectivity index (χ1) is 8.07. The Kier molecular flexibility index (Phi) is 6.45. The van der Waals surface area contributed by atoms with Crippen LogP contribution >= 0.6 is 0 Å². The first-order valence-electron chi connectivity index (χ1n) is 7.02. The third kappa shape index (κ3) is 5.84. The molecular formula is C14H30N2O. The van der Waals surface area contributed by atoms with Gasteiger partial charge in [-0.2, -0.15) is 0 Å². The SMILES string of the molecule is CCC1CN(CC(C)(C)CCOC)CCCN1. The molecule has 0 bridgehead atoms. The molecule has 3 heteroatoms. The van der Waals surface area contributed by atoms with Gasteiger partial charge in [0.05, 0.1) is 0 Å². The zero-order valence-corrected chi connectivity index (χ0v) is 12.1. The molecule has 0 aromatic rings. The minimum atomic E-state index is 0.360. The molecule has 3 nitrogen and oxygen atoms in total. The van der Waals surface area contributed by atoms with Crippen molar-refractivity contribution in [1.82, 2.24) is 10.2 Å². The van der Waals surface area contributed by atoms with E-state index in [4.69, 9.17) is 4.74 Å². The highest BCUT2D eigenvalue weighted by Gasteiger charge is 2.24. The van der Waals surface area contributed by atoms with Crippen molar-refractivity contribution in [3.8, 4) is 0 Å². The van der Waals surface area contributed by atoms with E-state index in [9.17, 15) is 0 Å². The number of hydrogen-bond acceptors (Lipinski definition) is 3. The average molecular weight is 242 g/mol. The standard InChI is InChI=1S/C14H30N2O/c1-5-13-11-16(9-6-8-15-13)12-14(2,3)7-10-17-4/h13,15H,5-12H2,1-4H3. The lowest BCUT2D eigenvalue weighted by molar-refractivity contribution is 0.115. The van der Waals surface area contributed by atoms with Crippen LogP contribution in [-0.4, -0.2) is 50.8 Å². The third-order valence-electron chi connectivity index (χ3n) is 3.69. The molecule has 0 radical (unpaired) electrons. The lowest BCUT2D eigenvalue weighted by Crippen LogP contribution is -2.41. The van der Waals surface area contributed by atoms with Crippen LogP contribution in [0.15, 0.2) is 0 Å². The molecule has 102 valence electrons. The van der Waals surface area contributed by atoms with Crippen LogP contribution in [0.4, 0.5) is 0 Å². The van der Waals surface area contributed by atoms with Crippen LogP contribution in [-0.2, 0) is 4.74 Å². The Labute approximate surface area is 107 Å². The van der Waals surface area contributed by atoms with Crippen molar-refractivity contribution in [2.75, 3.05) is 39.9 Å². The maximum Gasteiger partial charge on any atom is 0.0467 e. The average Bonchev–Trinajstić information content (AvgIpc) is 2.51. The maximum atomic E-state index is 5.20. The zero-order chi connectivity index (χ0) is 12.7. The summed E-state index contributed by atoms with van der Waals surface area (Å²) in [4.78, 5) is 2.63. The Balaban J connectivity index is 2.42. The Morgan fingerprint density at radius 2 is 2.18 bits per heavy atom. The van der Waals surface area contributed by atoms with Gasteiger partial charge in [-0.1, -0.05) is 20.8 Å². The van der Waals surface area contributed by atoms with Crippen molar-refractivity contribution in [2.45, 2.75) is 46.1 Å². The highest BCUT2D eigenvalue weighted by Crippen LogP contribution is 2.22. The predicted octanol–water partition coefficient (Wildman–Crippen LogP) is 2.12. The quantitative estimate of drug-likeness (QED) is 0.772. The van der Waals surface area contributed by atoms with E-state index in [0.29, 0.717) is 11.5 Å². The molecule has 1 atom stereocenters. The molecule has 1 aliphatic rings. The van der Waals surface area contributed by atoms with Crippen LogP contribution in [0.1, 0.15) is 40.0 Å². The highest BCUT2D eigenvalue weighted by atomic mass is 16.5. The number of hydrogen-bond donors (Lipinski definition) is 1. The van der Waals surface area contributed by atoms with Crippen LogP contribution < -0.4 is 5.32 Å². The second-order valence-electron chi connectivity index (χ2n) is 6.05. The molecule has 0 saturated carbocycles. The van der Waals surface area contributed by atoms with Gasteiger partial charge in [-0.05, 0) is 37.8 Å². The summed E-state index contributed by atoms with van der Waals surface area (Å²) in [7, 11) is 1.79. The molecule has 1 aliphatic heterocycles. The van der Waals surface area contributed by atoms with E-state index in [1.807, 2.05) is 0 Å². The van der Waals surface area contributed by atoms with Crippen LogP contribution in [0.2, 0.25) is 0 Å². The summed E-state index contributed by atoms with van der Waals surface area (Å²) in [6.45, 7) is 12.7. The first-order valence-corrected chi connectivity index (χ1v) is 7.02. The third-order valence-corrected chi connectivity index (χ3v) is 3.69. The van der Waals surface area contributed by atoms with E-state index >= 15 is 0 Å². The number of rotatable bonds is 6. The largest absolute Gasteiger partial charge is 0.385 e. The molecule has 1 N–H and O–H groups in total. The van der Waals surface area contributed by atoms with Gasteiger partial charge in [-0.25, -0.2) is 0 Å². The van der Waals surface area contributed by atoms with E-state index in [1.54, 1.807) is 7.11 Å². The summed E-state index contributed by atoms with van der Waals surface area (Å²) in [5.41, 5.74) is 0.360. The first kappa shape index (κ1) is 14.9. The molecule has 1 heterocycles. The van der Waals surface area contributed by atoms with Gasteiger partial charge in [0, 0.05) is 32.8 Å². The van der Waals surface area contributed by atoms with Gasteiger partial charge in [0.15, 0.2) is 0 Å². The fourth-order valence-corrected chi connectivity index (χ4v) is 2.56. The van der Waals surface area contributed by atoms with E-state index in [1.165, 1.54) is 39.0 Å². The molecule has 0 amide bonds. The van der Waals surface area contributed by atoms with Gasteiger partial charge in [-0.3, -0.25) is 0 Å². The van der Waals surface area contributed by atoms with Crippen molar-refractivity contribution in [3.05, 3.63) is 0 Å². The summed E-state index contributed by atoms with van der Waals surface area (Å²) >= 11 is 0. The van der Waals surface area contributed by atoms with Gasteiger partial charge in [0.1, 0.15) is 0 Å². The van der Waals surface area contributed by atoms with Crippen molar-refractivity contribution < 1.29 is 4.74 Å². The zero-order valence-electron chi connectivity index (χ0n) is 12.1. The minimum Gasteiger partial charge on any atom is -0.385 e. The molecule has 1 rings (SSSR count). The summed E-state index contributed by atoms with van der Waals surface area (Å²) in [5, 5.41) is 3.62. The topological polar surface area (TPSA) is 24.5 Å². The molecular weight excluding hydrogens is 212 g/mol. The van der Waals surface area contributed by atoms with Gasteiger partial charge in [0.25, 0.3) is 0 Å². The van der Waals surface area contributed by atoms with E-state index < -0.39 is 0 Å². The lowest BCUT2D eigenvalue weighted by Gasteiger charge is -2.33. The Morgan fingerprint density at radius 3 is 2.82 bits per heavy atom. The Morgan fingerprint density at radius 1 is 1.41 bits per heavy atom. The van der Waals surface area contributed by atoms with Crippen LogP contribution in [0.25, 0.3) is 0 Å². The number of methoxy groups -OCH3 is 1. The van der Waals surface area contributed by atoms with E-state index in [2.05, 4.69) is 31.0 Å². The van der Waals surface area contributed by atoms with Gasteiger partial charge < -0.3 is 15.0 Å². The second-order valence-corrected chi connectivity index (χ2v) is 6.05. The number of nitrogens with one attached hydrogen (secondary N) is 1. The summed E-state index contributed by atoms with van der Waals surface area (Å²) in [6.07, 6.45) is 3.65. The molecule has 1 fully saturated rings. The fraction of sp³-hybridized carbons (Fsp3) is 1.00. The van der Waals surface area contributed by atoms with Gasteiger partial charge >= 0.3 is 0 Å². The van der Waals surface area contributed by atoms with Gasteiger partial charge in [-0.15, -0.1) is 0 Å². The van der Waals surface area contributed by atoms with Crippen LogP contribution in [0, 0.1) is 5.41 Å². The minimum absolute atomic E-state index is 0.360. The Hall–Kier alpha value is -0.120. The van der Waals surface area contributed by atoms with Crippen molar-refractivity contribution in [1.29, 1.82) is 0 Å². The van der Waals surface area contributed by atoms with Crippen molar-refractivity contribution in [2.24, 2.45) is 5.41 Å². The summed E-state index contributed by atoms with van der Waals surface area (Å²) in [5.74, 6) is 0. The molecule has 0 aromatic heterocycles. The van der Waals surface area contributed by atoms with E-state index in [-0.39, 0.29) is 0 Å². The molecule has 0 aliphatic carbocycles. The molecule has 1 unspecified atom stereocenters. The van der Waals surface area contributed by atoms with Crippen molar-refractivity contribution >= 4 is 0 Å². The fourth-order valence-electron chi connectivity index (χ4n) is 2.56. The molecule has 17 heavy (non-hydrogen) atoms. The highest BCUT2D eigenvalue weighted by molar-refractivity contribution is 4.80. The second kappa shape index (κ2) is 7.34. The van der Waals surface area contributed by atoms with Crippen LogP contribution in [0.3, 0.4) is 0 Å². The Bertz CT molecular complexity index is 206. The van der Waals surface area contributed by atoms with Gasteiger partial charge in [0.2, 0.25) is 0 Å². The normalized spacial score (nSPS) is 23.6. The predicted molar refractivity (Wildman–Crippen MR) is 73.4 cm³/mol. The monoisotopic (exact) mass is 242 g/mol. The smallest absolute Gasteiger partial charge is 0.0467 e. The lowest BCUT2D eigenvalue weighted by atomic mass is 9.89. The summed E-state index contributed by atoms with van der Waals surface area (Å²) < 4.78 is 5.20. The van der Waals surface area contributed by atoms with Crippen LogP contribution in [0.5, 0.6) is 0 Å². The van der Waals surface area contributed by atoms with Crippen molar-refractivity contribution in [3.63, 3.8) is 0 Å². The maximum absolute atomic E-state index is 5.20. The number of ether oxygens (including phenoxy) is 1. The number of nitrogens with zero attached hydrogens (tertiary/aromatic N) is 1. The molecule has 0 spiro atoms. The van der Waals surface area contributed by atoms with E-state index in [0.717, 1.165) is 13.0 Å². The molecule has 0 aromatic carbocycles. The summed E-state index contributed by atoms with van der Waals surface area (Å²) in [6, 6.07) is 0.677. The molecule has 1 saturated heterocycles.